The van der Waals surface area contributed by atoms with E-state index in [1.54, 1.807) is 6.07 Å². The zero-order valence-electron chi connectivity index (χ0n) is 16.8. The first-order valence-electron chi connectivity index (χ1n) is 10.1. The fraction of sp³-hybridized carbons (Fsp3) is 0.500. The van der Waals surface area contributed by atoms with Crippen LogP contribution in [0.15, 0.2) is 30.3 Å². The van der Waals surface area contributed by atoms with E-state index in [4.69, 9.17) is 0 Å². The maximum Gasteiger partial charge on any atom is 0.416 e. The lowest BCUT2D eigenvalue weighted by Crippen LogP contribution is -2.48. The van der Waals surface area contributed by atoms with Crippen molar-refractivity contribution in [3.63, 3.8) is 0 Å². The van der Waals surface area contributed by atoms with E-state index in [0.29, 0.717) is 44.5 Å². The number of hydrogen-bond acceptors (Lipinski definition) is 3. The van der Waals surface area contributed by atoms with Gasteiger partial charge in [0, 0.05) is 54.9 Å². The van der Waals surface area contributed by atoms with E-state index in [1.165, 1.54) is 25.0 Å². The van der Waals surface area contributed by atoms with Gasteiger partial charge in [-0.25, -0.2) is 0 Å². The summed E-state index contributed by atoms with van der Waals surface area (Å²) in [6.07, 6.45) is -1.97. The third-order valence-corrected chi connectivity index (χ3v) is 5.97. The van der Waals surface area contributed by atoms with Crippen LogP contribution >= 0.6 is 0 Å². The van der Waals surface area contributed by atoms with Gasteiger partial charge in [-0.1, -0.05) is 6.07 Å². The molecule has 1 aliphatic carbocycles. The van der Waals surface area contributed by atoms with Crippen LogP contribution in [0.25, 0.3) is 0 Å². The summed E-state index contributed by atoms with van der Waals surface area (Å²) in [5.41, 5.74) is 2.95. The molecule has 0 spiro atoms. The molecule has 0 amide bonds. The third-order valence-electron chi connectivity index (χ3n) is 5.97. The number of Topliss-reactive ketones (excluding diaryl/α,β-unsaturated/α-hetero) is 1. The van der Waals surface area contributed by atoms with Crippen LogP contribution < -0.4 is 4.90 Å². The number of benzene rings is 1. The number of halogens is 3. The number of hydrogen-bond donors (Lipinski definition) is 0. The second-order valence-corrected chi connectivity index (χ2v) is 8.12. The average Bonchev–Trinajstić information content (AvgIpc) is 3.46. The Hall–Kier alpha value is -2.28. The van der Waals surface area contributed by atoms with Crippen LogP contribution in [0.3, 0.4) is 0 Å². The molecule has 2 heterocycles. The average molecular weight is 405 g/mol. The summed E-state index contributed by atoms with van der Waals surface area (Å²) >= 11 is 0. The van der Waals surface area contributed by atoms with E-state index < -0.39 is 11.7 Å². The topological polar surface area (TPSA) is 28.5 Å². The van der Waals surface area contributed by atoms with Crippen LogP contribution in [0.4, 0.5) is 18.9 Å². The fourth-order valence-electron chi connectivity index (χ4n) is 4.29. The molecule has 0 unspecified atom stereocenters. The first-order valence-corrected chi connectivity index (χ1v) is 10.1. The second kappa shape index (κ2) is 7.52. The molecule has 1 aromatic carbocycles. The molecule has 0 radical (unpaired) electrons. The Morgan fingerprint density at radius 1 is 1.07 bits per heavy atom. The summed E-state index contributed by atoms with van der Waals surface area (Å²) in [7, 11) is 0. The minimum atomic E-state index is -4.34. The molecule has 1 aromatic heterocycles. The van der Waals surface area contributed by atoms with Gasteiger partial charge in [0.15, 0.2) is 5.78 Å². The van der Waals surface area contributed by atoms with Crippen molar-refractivity contribution in [2.75, 3.05) is 37.6 Å². The first-order chi connectivity index (χ1) is 13.7. The lowest BCUT2D eigenvalue weighted by molar-refractivity contribution is -0.137. The molecular weight excluding hydrogens is 379 g/mol. The number of ketones is 1. The van der Waals surface area contributed by atoms with E-state index in [2.05, 4.69) is 16.4 Å². The second-order valence-electron chi connectivity index (χ2n) is 8.12. The first kappa shape index (κ1) is 20.0. The monoisotopic (exact) mass is 405 g/mol. The normalized spacial score (nSPS) is 18.3. The van der Waals surface area contributed by atoms with Gasteiger partial charge in [-0.3, -0.25) is 9.69 Å². The highest BCUT2D eigenvalue weighted by Crippen LogP contribution is 2.38. The van der Waals surface area contributed by atoms with Crippen LogP contribution in [-0.4, -0.2) is 48.0 Å². The Kier molecular flexibility index (Phi) is 5.19. The molecule has 1 saturated carbocycles. The van der Waals surface area contributed by atoms with Gasteiger partial charge in [-0.2, -0.15) is 13.2 Å². The van der Waals surface area contributed by atoms with Crippen molar-refractivity contribution < 1.29 is 18.0 Å². The van der Waals surface area contributed by atoms with Crippen LogP contribution in [0.5, 0.6) is 0 Å². The molecule has 156 valence electrons. The fourth-order valence-corrected chi connectivity index (χ4v) is 4.29. The van der Waals surface area contributed by atoms with Gasteiger partial charge in [0.25, 0.3) is 0 Å². The maximum absolute atomic E-state index is 13.0. The highest BCUT2D eigenvalue weighted by atomic mass is 19.4. The molecule has 4 rings (SSSR count). The third kappa shape index (κ3) is 4.20. The van der Waals surface area contributed by atoms with Gasteiger partial charge in [-0.15, -0.1) is 0 Å². The van der Waals surface area contributed by atoms with Crippen molar-refractivity contribution in [3.05, 3.63) is 52.8 Å². The predicted molar refractivity (Wildman–Crippen MR) is 107 cm³/mol. The summed E-state index contributed by atoms with van der Waals surface area (Å²) in [5, 5.41) is 0. The van der Waals surface area contributed by atoms with E-state index >= 15 is 0 Å². The van der Waals surface area contributed by atoms with Crippen molar-refractivity contribution in [3.8, 4) is 0 Å². The van der Waals surface area contributed by atoms with E-state index in [0.717, 1.165) is 23.0 Å². The molecule has 1 aliphatic heterocycles. The molecule has 4 nitrogen and oxygen atoms in total. The van der Waals surface area contributed by atoms with Crippen molar-refractivity contribution >= 4 is 11.5 Å². The highest BCUT2D eigenvalue weighted by Gasteiger charge is 2.32. The highest BCUT2D eigenvalue weighted by molar-refractivity contribution is 5.99. The molecule has 29 heavy (non-hydrogen) atoms. The molecule has 2 aromatic rings. The van der Waals surface area contributed by atoms with Crippen LogP contribution in [0.1, 0.15) is 46.2 Å². The molecule has 0 bridgehead atoms. The Balaban J connectivity index is 1.37. The minimum Gasteiger partial charge on any atom is -0.369 e. The number of nitrogens with zero attached hydrogens (tertiary/aromatic N) is 3. The van der Waals surface area contributed by atoms with Gasteiger partial charge >= 0.3 is 6.18 Å². The number of carbonyl (C=O) groups excluding carboxylic acids is 1. The van der Waals surface area contributed by atoms with Crippen molar-refractivity contribution in [1.82, 2.24) is 9.47 Å². The Bertz CT molecular complexity index is 907. The van der Waals surface area contributed by atoms with Gasteiger partial charge in [0.2, 0.25) is 0 Å². The number of anilines is 1. The number of aromatic nitrogens is 1. The summed E-state index contributed by atoms with van der Waals surface area (Å²) < 4.78 is 41.1. The predicted octanol–water partition coefficient (Wildman–Crippen LogP) is 4.46. The van der Waals surface area contributed by atoms with Gasteiger partial charge in [0.05, 0.1) is 12.1 Å². The molecular formula is C22H26F3N3O. The van der Waals surface area contributed by atoms with Crippen LogP contribution in [0.2, 0.25) is 0 Å². The Morgan fingerprint density at radius 3 is 2.38 bits per heavy atom. The minimum absolute atomic E-state index is 0.123. The van der Waals surface area contributed by atoms with Crippen molar-refractivity contribution in [1.29, 1.82) is 0 Å². The maximum atomic E-state index is 13.0. The largest absolute Gasteiger partial charge is 0.416 e. The van der Waals surface area contributed by atoms with Gasteiger partial charge < -0.3 is 9.47 Å². The SMILES string of the molecule is Cc1cc(C(=O)CN2CCN(c3cccc(C(F)(F)F)c3)CC2)c(C)n1C1CC1. The van der Waals surface area contributed by atoms with Crippen molar-refractivity contribution in [2.45, 2.75) is 38.9 Å². The number of carbonyl (C=O) groups is 1. The van der Waals surface area contributed by atoms with E-state index in [9.17, 15) is 18.0 Å². The summed E-state index contributed by atoms with van der Waals surface area (Å²) in [4.78, 5) is 16.9. The van der Waals surface area contributed by atoms with Crippen molar-refractivity contribution in [2.24, 2.45) is 0 Å². The quantitative estimate of drug-likeness (QED) is 0.688. The lowest BCUT2D eigenvalue weighted by atomic mass is 10.1. The molecule has 2 aliphatic rings. The summed E-state index contributed by atoms with van der Waals surface area (Å²) in [6.45, 7) is 6.95. The molecule has 0 atom stereocenters. The summed E-state index contributed by atoms with van der Waals surface area (Å²) in [5.74, 6) is 0.123. The molecule has 1 saturated heterocycles. The molecule has 2 fully saturated rings. The van der Waals surface area contributed by atoms with Crippen LogP contribution in [-0.2, 0) is 6.18 Å². The zero-order valence-corrected chi connectivity index (χ0v) is 16.8. The molecule has 0 N–H and O–H groups in total. The van der Waals surface area contributed by atoms with E-state index in [-0.39, 0.29) is 5.78 Å². The Morgan fingerprint density at radius 2 is 1.76 bits per heavy atom. The number of piperazine rings is 1. The van der Waals surface area contributed by atoms with Crippen LogP contribution in [0, 0.1) is 13.8 Å². The smallest absolute Gasteiger partial charge is 0.369 e. The summed E-state index contributed by atoms with van der Waals surface area (Å²) in [6, 6.07) is 8.00. The molecule has 7 heteroatoms. The number of aryl methyl sites for hydroxylation is 1. The van der Waals surface area contributed by atoms with Gasteiger partial charge in [0.1, 0.15) is 0 Å². The zero-order chi connectivity index (χ0) is 20.8. The Labute approximate surface area is 168 Å². The number of rotatable bonds is 5. The number of alkyl halides is 3. The standard InChI is InChI=1S/C22H26F3N3O/c1-15-12-20(16(2)28(15)18-6-7-18)21(29)14-26-8-10-27(11-9-26)19-5-3-4-17(13-19)22(23,24)25/h3-5,12-13,18H,6-11,14H2,1-2H3. The van der Waals surface area contributed by atoms with Gasteiger partial charge in [-0.05, 0) is 51.0 Å². The van der Waals surface area contributed by atoms with E-state index in [1.807, 2.05) is 17.9 Å². The lowest BCUT2D eigenvalue weighted by Gasteiger charge is -2.36.